The maximum absolute atomic E-state index is 13.8. The smallest absolute Gasteiger partial charge is 0.262 e. The van der Waals surface area contributed by atoms with Crippen LogP contribution in [0, 0.1) is 6.92 Å². The molecule has 0 radical (unpaired) electrons. The fourth-order valence-corrected chi connectivity index (χ4v) is 3.77. The van der Waals surface area contributed by atoms with Crippen molar-refractivity contribution < 1.29 is 22.8 Å². The zero-order valence-corrected chi connectivity index (χ0v) is 14.0. The van der Waals surface area contributed by atoms with Gasteiger partial charge in [0.1, 0.15) is 11.8 Å². The van der Waals surface area contributed by atoms with Crippen molar-refractivity contribution in [3.63, 3.8) is 0 Å². The van der Waals surface area contributed by atoms with E-state index < -0.39 is 5.92 Å². The van der Waals surface area contributed by atoms with Gasteiger partial charge < -0.3 is 14.2 Å². The molecule has 2 aliphatic rings. The third-order valence-electron chi connectivity index (χ3n) is 4.98. The molecule has 3 rings (SSSR count). The van der Waals surface area contributed by atoms with Gasteiger partial charge in [-0.25, -0.2) is 8.78 Å². The molecule has 0 N–H and O–H groups in total. The van der Waals surface area contributed by atoms with E-state index in [1.807, 2.05) is 4.90 Å². The minimum atomic E-state index is -2.66. The molecule has 3 heterocycles. The Morgan fingerprint density at radius 2 is 2.17 bits per heavy atom. The number of amides is 1. The van der Waals surface area contributed by atoms with Crippen molar-refractivity contribution in [1.82, 2.24) is 15.0 Å². The average Bonchev–Trinajstić information content (AvgIpc) is 3.10. The topological polar surface area (TPSA) is 58.8 Å². The highest BCUT2D eigenvalue weighted by Crippen LogP contribution is 2.35. The first-order chi connectivity index (χ1) is 11.4. The summed E-state index contributed by atoms with van der Waals surface area (Å²) in [6, 6.07) is -0.191. The molecule has 1 amide bonds. The van der Waals surface area contributed by atoms with E-state index in [0.717, 1.165) is 0 Å². The lowest BCUT2D eigenvalue weighted by molar-refractivity contribution is 0.00284. The molecule has 0 bridgehead atoms. The van der Waals surface area contributed by atoms with Crippen molar-refractivity contribution in [1.29, 1.82) is 0 Å². The van der Waals surface area contributed by atoms with Crippen LogP contribution in [0.4, 0.5) is 8.78 Å². The molecule has 1 aromatic rings. The molecular formula is C16H23F2N3O3. The van der Waals surface area contributed by atoms with E-state index in [9.17, 15) is 13.6 Å². The predicted molar refractivity (Wildman–Crippen MR) is 82.1 cm³/mol. The van der Waals surface area contributed by atoms with E-state index in [1.165, 1.54) is 13.4 Å². The zero-order chi connectivity index (χ0) is 17.3. The van der Waals surface area contributed by atoms with Gasteiger partial charge >= 0.3 is 0 Å². The molecule has 24 heavy (non-hydrogen) atoms. The van der Waals surface area contributed by atoms with Gasteiger partial charge in [0.2, 0.25) is 0 Å². The second-order valence-electron chi connectivity index (χ2n) is 6.68. The number of carbonyl (C=O) groups excluding carboxylic acids is 1. The average molecular weight is 343 g/mol. The fraction of sp³-hybridized carbons (Fsp3) is 0.750. The van der Waals surface area contributed by atoms with E-state index in [0.29, 0.717) is 43.8 Å². The van der Waals surface area contributed by atoms with Crippen LogP contribution in [-0.4, -0.2) is 72.2 Å². The van der Waals surface area contributed by atoms with E-state index in [2.05, 4.69) is 5.16 Å². The van der Waals surface area contributed by atoms with Gasteiger partial charge in [0.05, 0.1) is 18.8 Å². The molecule has 8 heteroatoms. The van der Waals surface area contributed by atoms with Gasteiger partial charge in [-0.05, 0) is 19.8 Å². The number of ether oxygens (including phenoxy) is 1. The van der Waals surface area contributed by atoms with Crippen LogP contribution < -0.4 is 0 Å². The monoisotopic (exact) mass is 343 g/mol. The molecule has 0 saturated carbocycles. The number of alkyl halides is 2. The first kappa shape index (κ1) is 17.3. The van der Waals surface area contributed by atoms with Crippen LogP contribution in [0.25, 0.3) is 0 Å². The third kappa shape index (κ3) is 3.44. The van der Waals surface area contributed by atoms with E-state index in [1.54, 1.807) is 11.8 Å². The lowest BCUT2D eigenvalue weighted by Gasteiger charge is -2.38. The molecule has 2 saturated heterocycles. The minimum absolute atomic E-state index is 0.0612. The quantitative estimate of drug-likeness (QED) is 0.836. The molecule has 2 fully saturated rings. The summed E-state index contributed by atoms with van der Waals surface area (Å²) in [7, 11) is 1.54. The Morgan fingerprint density at radius 3 is 2.75 bits per heavy atom. The highest BCUT2D eigenvalue weighted by molar-refractivity contribution is 5.94. The van der Waals surface area contributed by atoms with Crippen molar-refractivity contribution in [2.45, 2.75) is 44.2 Å². The van der Waals surface area contributed by atoms with Gasteiger partial charge in [-0.15, -0.1) is 0 Å². The van der Waals surface area contributed by atoms with Gasteiger partial charge in [0, 0.05) is 38.7 Å². The number of halogens is 2. The summed E-state index contributed by atoms with van der Waals surface area (Å²) in [5.74, 6) is -2.76. The Labute approximate surface area is 139 Å². The van der Waals surface area contributed by atoms with Crippen molar-refractivity contribution in [3.8, 4) is 0 Å². The number of likely N-dealkylation sites (tertiary alicyclic amines) is 2. The van der Waals surface area contributed by atoms with Crippen LogP contribution in [0.5, 0.6) is 0 Å². The summed E-state index contributed by atoms with van der Waals surface area (Å²) in [5, 5.41) is 3.73. The summed E-state index contributed by atoms with van der Waals surface area (Å²) in [4.78, 5) is 16.1. The highest BCUT2D eigenvalue weighted by atomic mass is 19.3. The minimum Gasteiger partial charge on any atom is -0.383 e. The summed E-state index contributed by atoms with van der Waals surface area (Å²) < 4.78 is 37.5. The Hall–Kier alpha value is -1.54. The van der Waals surface area contributed by atoms with Crippen LogP contribution in [-0.2, 0) is 4.74 Å². The SMILES string of the molecule is COC[C@@H]1CC(F)(F)CN1C1CCN(C(=O)c2conc2C)CC1. The molecular weight excluding hydrogens is 320 g/mol. The van der Waals surface area contributed by atoms with Gasteiger partial charge in [0.25, 0.3) is 11.8 Å². The molecule has 0 unspecified atom stereocenters. The number of aryl methyl sites for hydroxylation is 1. The Kier molecular flexibility index (Phi) is 4.87. The molecule has 6 nitrogen and oxygen atoms in total. The number of piperidine rings is 1. The number of carbonyl (C=O) groups is 1. The van der Waals surface area contributed by atoms with Crippen LogP contribution in [0.1, 0.15) is 35.3 Å². The molecule has 2 aliphatic heterocycles. The van der Waals surface area contributed by atoms with Crippen LogP contribution >= 0.6 is 0 Å². The second kappa shape index (κ2) is 6.76. The number of methoxy groups -OCH3 is 1. The number of hydrogen-bond donors (Lipinski definition) is 0. The maximum Gasteiger partial charge on any atom is 0.262 e. The predicted octanol–water partition coefficient (Wildman–Crippen LogP) is 1.94. The number of aromatic nitrogens is 1. The molecule has 1 atom stereocenters. The number of nitrogens with zero attached hydrogens (tertiary/aromatic N) is 3. The first-order valence-corrected chi connectivity index (χ1v) is 8.24. The van der Waals surface area contributed by atoms with Crippen molar-refractivity contribution >= 4 is 5.91 Å². The summed E-state index contributed by atoms with van der Waals surface area (Å²) in [5.41, 5.74) is 1.04. The summed E-state index contributed by atoms with van der Waals surface area (Å²) in [6.07, 6.45) is 2.58. The Balaban J connectivity index is 1.60. The lowest BCUT2D eigenvalue weighted by Crippen LogP contribution is -2.49. The third-order valence-corrected chi connectivity index (χ3v) is 4.98. The first-order valence-electron chi connectivity index (χ1n) is 8.24. The lowest BCUT2D eigenvalue weighted by atomic mass is 10.0. The van der Waals surface area contributed by atoms with E-state index >= 15 is 0 Å². The van der Waals surface area contributed by atoms with E-state index in [4.69, 9.17) is 9.26 Å². The molecule has 0 aliphatic carbocycles. The molecule has 0 spiro atoms. The fourth-order valence-electron chi connectivity index (χ4n) is 3.77. The molecule has 134 valence electrons. The maximum atomic E-state index is 13.8. The van der Waals surface area contributed by atoms with Crippen LogP contribution in [0.3, 0.4) is 0 Å². The summed E-state index contributed by atoms with van der Waals surface area (Å²) >= 11 is 0. The zero-order valence-electron chi connectivity index (χ0n) is 14.0. The number of rotatable bonds is 4. The van der Waals surface area contributed by atoms with Crippen molar-refractivity contribution in [2.24, 2.45) is 0 Å². The largest absolute Gasteiger partial charge is 0.383 e. The van der Waals surface area contributed by atoms with Crippen molar-refractivity contribution in [2.75, 3.05) is 33.4 Å². The standard InChI is InChI=1S/C16H23F2N3O3/c1-11-14(9-24-19-11)15(22)20-5-3-12(4-6-20)21-10-16(17,18)7-13(21)8-23-2/h9,12-13H,3-8,10H2,1-2H3/t13-/m0/s1. The van der Waals surface area contributed by atoms with Crippen LogP contribution in [0.15, 0.2) is 10.8 Å². The van der Waals surface area contributed by atoms with Crippen LogP contribution in [0.2, 0.25) is 0 Å². The van der Waals surface area contributed by atoms with Gasteiger partial charge in [-0.3, -0.25) is 9.69 Å². The Bertz CT molecular complexity index is 585. The van der Waals surface area contributed by atoms with E-state index in [-0.39, 0.29) is 31.0 Å². The number of hydrogen-bond acceptors (Lipinski definition) is 5. The molecule has 1 aromatic heterocycles. The van der Waals surface area contributed by atoms with Crippen molar-refractivity contribution in [3.05, 3.63) is 17.5 Å². The van der Waals surface area contributed by atoms with Gasteiger partial charge in [-0.1, -0.05) is 5.16 Å². The second-order valence-corrected chi connectivity index (χ2v) is 6.68. The van der Waals surface area contributed by atoms with Gasteiger partial charge in [0.15, 0.2) is 0 Å². The highest BCUT2D eigenvalue weighted by Gasteiger charge is 2.47. The van der Waals surface area contributed by atoms with Gasteiger partial charge in [-0.2, -0.15) is 0 Å². The summed E-state index contributed by atoms with van der Waals surface area (Å²) in [6.45, 7) is 2.93. The Morgan fingerprint density at radius 1 is 1.46 bits per heavy atom. The molecule has 0 aromatic carbocycles. The normalized spacial score (nSPS) is 25.3.